The van der Waals surface area contributed by atoms with Gasteiger partial charge in [0, 0.05) is 0 Å². The molecule has 0 unspecified atom stereocenters. The van der Waals surface area contributed by atoms with Gasteiger partial charge < -0.3 is 0 Å². The van der Waals surface area contributed by atoms with Gasteiger partial charge in [-0.25, -0.2) is 0 Å². The molecule has 0 aromatic heterocycles. The van der Waals surface area contributed by atoms with Crippen LogP contribution >= 0.6 is 0 Å². The molecule has 0 heterocycles. The van der Waals surface area contributed by atoms with Crippen LogP contribution in [0.5, 0.6) is 0 Å². The van der Waals surface area contributed by atoms with Gasteiger partial charge in [0.2, 0.25) is 0 Å². The van der Waals surface area contributed by atoms with Crippen LogP contribution in [0.3, 0.4) is 0 Å². The number of carboxylic acid groups (broad SMARTS) is 1. The first kappa shape index (κ1) is 8.63. The Morgan fingerprint density at radius 2 is 2.00 bits per heavy atom. The van der Waals surface area contributed by atoms with Crippen molar-refractivity contribution in [3.63, 3.8) is 0 Å². The summed E-state index contributed by atoms with van der Waals surface area (Å²) in [6.45, 7) is 0. The molecule has 0 aliphatic heterocycles. The molecule has 1 N–H and O–H groups in total. The third kappa shape index (κ3) is 7.63. The van der Waals surface area contributed by atoms with Crippen LogP contribution in [0.2, 0.25) is 5.21 Å². The van der Waals surface area contributed by atoms with Gasteiger partial charge in [0.25, 0.3) is 0 Å². The second-order valence-electron chi connectivity index (χ2n) is 1.55. The zero-order valence-electron chi connectivity index (χ0n) is 4.74. The molecule has 0 aliphatic rings. The van der Waals surface area contributed by atoms with E-state index >= 15 is 0 Å². The van der Waals surface area contributed by atoms with Crippen molar-refractivity contribution >= 4 is 20.5 Å². The molecule has 0 aliphatic carbocycles. The normalized spacial score (nSPS) is 8.89. The standard InChI is InChI=1S/C4H7AsO4/c6-4(7)2-1-3-5(8)9/h1-3H2,(H,6,7). The van der Waals surface area contributed by atoms with E-state index in [1.54, 1.807) is 0 Å². The van der Waals surface area contributed by atoms with Crippen LogP contribution in [0.1, 0.15) is 12.8 Å². The van der Waals surface area contributed by atoms with E-state index in [9.17, 15) is 12.3 Å². The molecular weight excluding hydrogens is 187 g/mol. The second kappa shape index (κ2) is 4.50. The van der Waals surface area contributed by atoms with Crippen molar-refractivity contribution in [1.29, 1.82) is 0 Å². The zero-order valence-corrected chi connectivity index (χ0v) is 6.62. The van der Waals surface area contributed by atoms with E-state index in [1.807, 2.05) is 0 Å². The topological polar surface area (TPSA) is 71.4 Å². The molecule has 0 saturated heterocycles. The average Bonchev–Trinajstić information content (AvgIpc) is 1.63. The van der Waals surface area contributed by atoms with Crippen LogP contribution in [0, 0.1) is 0 Å². The summed E-state index contributed by atoms with van der Waals surface area (Å²) in [5.74, 6) is -0.939. The minimum absolute atomic E-state index is 0.0459. The Hall–Kier alpha value is -0.372. The number of hydrogen-bond acceptors (Lipinski definition) is 3. The van der Waals surface area contributed by atoms with E-state index in [-0.39, 0.29) is 18.1 Å². The van der Waals surface area contributed by atoms with Crippen molar-refractivity contribution in [1.82, 2.24) is 0 Å². The van der Waals surface area contributed by atoms with Crippen molar-refractivity contribution in [2.75, 3.05) is 0 Å². The fraction of sp³-hybridized carbons (Fsp3) is 0.750. The van der Waals surface area contributed by atoms with Crippen molar-refractivity contribution in [3.05, 3.63) is 0 Å². The Morgan fingerprint density at radius 1 is 1.44 bits per heavy atom. The molecule has 0 amide bonds. The second-order valence-corrected chi connectivity index (χ2v) is 3.89. The summed E-state index contributed by atoms with van der Waals surface area (Å²) in [6.07, 6.45) is 0.206. The quantitative estimate of drug-likeness (QED) is 0.649. The number of aliphatic carboxylic acids is 1. The summed E-state index contributed by atoms with van der Waals surface area (Å²) in [4.78, 5) is 9.79. The molecular formula is C4H7AsO4. The number of rotatable bonds is 4. The molecule has 0 fully saturated rings. The Balaban J connectivity index is 3.21. The third-order valence-corrected chi connectivity index (χ3v) is 2.16. The van der Waals surface area contributed by atoms with Crippen LogP contribution < -0.4 is 0 Å². The van der Waals surface area contributed by atoms with Crippen molar-refractivity contribution in [2.45, 2.75) is 18.1 Å². The molecule has 0 saturated carbocycles. The van der Waals surface area contributed by atoms with Crippen LogP contribution in [0.4, 0.5) is 0 Å². The molecule has 0 aromatic rings. The van der Waals surface area contributed by atoms with Gasteiger partial charge in [-0.05, 0) is 0 Å². The zero-order chi connectivity index (χ0) is 7.28. The maximum absolute atomic E-state index is 9.91. The summed E-state index contributed by atoms with van der Waals surface area (Å²) >= 11 is -3.05. The van der Waals surface area contributed by atoms with Crippen LogP contribution in [0.25, 0.3) is 0 Å². The molecule has 5 heteroatoms. The molecule has 9 heavy (non-hydrogen) atoms. The predicted molar refractivity (Wildman–Crippen MR) is 28.8 cm³/mol. The van der Waals surface area contributed by atoms with Crippen molar-refractivity contribution < 1.29 is 17.4 Å². The molecule has 0 rings (SSSR count). The van der Waals surface area contributed by atoms with Gasteiger partial charge in [-0.15, -0.1) is 0 Å². The predicted octanol–water partition coefficient (Wildman–Crippen LogP) is 0.200. The summed E-state index contributed by atoms with van der Waals surface area (Å²) in [5.41, 5.74) is 0. The van der Waals surface area contributed by atoms with Gasteiger partial charge in [-0.1, -0.05) is 0 Å². The summed E-state index contributed by atoms with van der Waals surface area (Å²) in [6, 6.07) is 0. The first-order chi connectivity index (χ1) is 4.13. The van der Waals surface area contributed by atoms with Crippen LogP contribution in [0.15, 0.2) is 0 Å². The molecule has 4 nitrogen and oxygen atoms in total. The molecule has 0 radical (unpaired) electrons. The summed E-state index contributed by atoms with van der Waals surface area (Å²) < 4.78 is 19.8. The Bertz CT molecular complexity index is 152. The van der Waals surface area contributed by atoms with Gasteiger partial charge in [0.1, 0.15) is 0 Å². The Morgan fingerprint density at radius 3 is 2.33 bits per heavy atom. The van der Waals surface area contributed by atoms with Gasteiger partial charge in [-0.2, -0.15) is 0 Å². The first-order valence-electron chi connectivity index (χ1n) is 2.46. The van der Waals surface area contributed by atoms with E-state index in [0.29, 0.717) is 0 Å². The summed E-state index contributed by atoms with van der Waals surface area (Å²) in [5, 5.41) is 8.09. The first-order valence-corrected chi connectivity index (χ1v) is 5.32. The average molecular weight is 194 g/mol. The van der Waals surface area contributed by atoms with E-state index in [4.69, 9.17) is 5.11 Å². The van der Waals surface area contributed by atoms with E-state index in [0.717, 1.165) is 0 Å². The van der Waals surface area contributed by atoms with Crippen LogP contribution in [-0.4, -0.2) is 25.6 Å². The van der Waals surface area contributed by atoms with Gasteiger partial charge >= 0.3 is 55.9 Å². The van der Waals surface area contributed by atoms with Crippen molar-refractivity contribution in [3.8, 4) is 0 Å². The van der Waals surface area contributed by atoms with E-state index < -0.39 is 20.5 Å². The van der Waals surface area contributed by atoms with Gasteiger partial charge in [0.05, 0.1) is 0 Å². The molecule has 52 valence electrons. The SMILES string of the molecule is O=C(O)CCC[As](=O)=O. The maximum atomic E-state index is 9.91. The fourth-order valence-electron chi connectivity index (χ4n) is 0.359. The number of carboxylic acids is 1. The van der Waals surface area contributed by atoms with Gasteiger partial charge in [-0.3, -0.25) is 0 Å². The summed E-state index contributed by atoms with van der Waals surface area (Å²) in [7, 11) is 0. The number of hydrogen-bond donors (Lipinski definition) is 1. The molecule has 0 atom stereocenters. The Kier molecular flexibility index (Phi) is 4.32. The molecule has 0 spiro atoms. The van der Waals surface area contributed by atoms with Gasteiger partial charge in [0.15, 0.2) is 0 Å². The number of carbonyl (C=O) groups is 1. The Labute approximate surface area is 56.6 Å². The van der Waals surface area contributed by atoms with E-state index in [2.05, 4.69) is 0 Å². The minimum atomic E-state index is -3.05. The van der Waals surface area contributed by atoms with Crippen LogP contribution in [-0.2, 0) is 12.3 Å². The van der Waals surface area contributed by atoms with E-state index in [1.165, 1.54) is 0 Å². The third-order valence-electron chi connectivity index (χ3n) is 0.731. The van der Waals surface area contributed by atoms with Crippen molar-refractivity contribution in [2.24, 2.45) is 0 Å². The molecule has 0 bridgehead atoms. The fourth-order valence-corrected chi connectivity index (χ4v) is 1.23. The molecule has 0 aromatic carbocycles. The monoisotopic (exact) mass is 194 g/mol.